The lowest BCUT2D eigenvalue weighted by Crippen LogP contribution is -2.23. The Hall–Kier alpha value is -1.38. The molecule has 106 valence electrons. The molecule has 1 aromatic rings. The minimum absolute atomic E-state index is 0.158. The van der Waals surface area contributed by atoms with Crippen molar-refractivity contribution in [1.82, 2.24) is 0 Å². The van der Waals surface area contributed by atoms with Crippen LogP contribution in [0.3, 0.4) is 0 Å². The highest BCUT2D eigenvalue weighted by Crippen LogP contribution is 2.34. The van der Waals surface area contributed by atoms with Gasteiger partial charge >= 0.3 is 0 Å². The summed E-state index contributed by atoms with van der Waals surface area (Å²) in [4.78, 5) is 0. The number of phenolic OH excluding ortho intramolecular Hbond substituents is 1. The van der Waals surface area contributed by atoms with Crippen molar-refractivity contribution >= 4 is 0 Å². The molecule has 1 saturated carbocycles. The molecule has 0 amide bonds. The van der Waals surface area contributed by atoms with E-state index in [2.05, 4.69) is 0 Å². The summed E-state index contributed by atoms with van der Waals surface area (Å²) in [6, 6.07) is 5.23. The van der Waals surface area contributed by atoms with Gasteiger partial charge in [0.15, 0.2) is 11.5 Å². The van der Waals surface area contributed by atoms with E-state index < -0.39 is 0 Å². The zero-order valence-corrected chi connectivity index (χ0v) is 12.1. The molecule has 3 nitrogen and oxygen atoms in total. The third kappa shape index (κ3) is 4.34. The van der Waals surface area contributed by atoms with Gasteiger partial charge in [0.2, 0.25) is 0 Å². The summed E-state index contributed by atoms with van der Waals surface area (Å²) >= 11 is 0. The van der Waals surface area contributed by atoms with Crippen molar-refractivity contribution < 1.29 is 14.6 Å². The number of hydrogen-bond donors (Lipinski definition) is 1. The van der Waals surface area contributed by atoms with Crippen LogP contribution >= 0.6 is 0 Å². The van der Waals surface area contributed by atoms with Crippen molar-refractivity contribution in [2.45, 2.75) is 64.6 Å². The maximum Gasteiger partial charge on any atom is 0.165 e. The zero-order chi connectivity index (χ0) is 13.9. The third-order valence-corrected chi connectivity index (χ3v) is 3.20. The van der Waals surface area contributed by atoms with E-state index in [1.54, 1.807) is 18.2 Å². The van der Waals surface area contributed by atoms with Gasteiger partial charge in [-0.1, -0.05) is 6.42 Å². The second-order valence-corrected chi connectivity index (χ2v) is 6.22. The molecule has 1 aliphatic rings. The van der Waals surface area contributed by atoms with Crippen molar-refractivity contribution in [3.63, 3.8) is 0 Å². The molecule has 0 aliphatic heterocycles. The van der Waals surface area contributed by atoms with E-state index in [0.717, 1.165) is 18.6 Å². The Kier molecular flexibility index (Phi) is 4.23. The fourth-order valence-corrected chi connectivity index (χ4v) is 2.35. The summed E-state index contributed by atoms with van der Waals surface area (Å²) in [5.74, 6) is 1.43. The van der Waals surface area contributed by atoms with Crippen molar-refractivity contribution in [3.8, 4) is 17.2 Å². The van der Waals surface area contributed by atoms with E-state index in [1.165, 1.54) is 19.3 Å². The minimum atomic E-state index is -0.332. The summed E-state index contributed by atoms with van der Waals surface area (Å²) < 4.78 is 11.7. The highest BCUT2D eigenvalue weighted by atomic mass is 16.5. The quantitative estimate of drug-likeness (QED) is 0.885. The summed E-state index contributed by atoms with van der Waals surface area (Å²) in [6.07, 6.45) is 6.35. The van der Waals surface area contributed by atoms with Crippen LogP contribution in [-0.4, -0.2) is 16.8 Å². The van der Waals surface area contributed by atoms with Gasteiger partial charge in [-0.3, -0.25) is 0 Å². The molecule has 0 radical (unpaired) electrons. The largest absolute Gasteiger partial charge is 0.504 e. The number of benzene rings is 1. The smallest absolute Gasteiger partial charge is 0.165 e. The Bertz CT molecular complexity index is 414. The molecule has 19 heavy (non-hydrogen) atoms. The van der Waals surface area contributed by atoms with Crippen LogP contribution < -0.4 is 9.47 Å². The normalized spacial score (nSPS) is 17.2. The van der Waals surface area contributed by atoms with Gasteiger partial charge in [0.1, 0.15) is 11.4 Å². The number of ether oxygens (including phenoxy) is 2. The summed E-state index contributed by atoms with van der Waals surface area (Å²) in [7, 11) is 0. The average Bonchev–Trinajstić information content (AvgIpc) is 2.33. The van der Waals surface area contributed by atoms with Crippen LogP contribution in [0.2, 0.25) is 0 Å². The van der Waals surface area contributed by atoms with Crippen LogP contribution in [0, 0.1) is 0 Å². The van der Waals surface area contributed by atoms with Gasteiger partial charge in [0.05, 0.1) is 6.10 Å². The van der Waals surface area contributed by atoms with Crippen LogP contribution in [0.5, 0.6) is 17.2 Å². The molecule has 2 rings (SSSR count). The molecule has 0 atom stereocenters. The maximum atomic E-state index is 9.82. The zero-order valence-electron chi connectivity index (χ0n) is 12.1. The number of aromatic hydroxyl groups is 1. The highest BCUT2D eigenvalue weighted by molar-refractivity contribution is 5.44. The first-order valence-electron chi connectivity index (χ1n) is 7.13. The number of rotatable bonds is 3. The average molecular weight is 264 g/mol. The van der Waals surface area contributed by atoms with Gasteiger partial charge in [0, 0.05) is 6.07 Å². The Morgan fingerprint density at radius 3 is 2.42 bits per heavy atom. The van der Waals surface area contributed by atoms with E-state index in [9.17, 15) is 5.11 Å². The van der Waals surface area contributed by atoms with Crippen LogP contribution in [0.15, 0.2) is 18.2 Å². The molecule has 0 bridgehead atoms. The Balaban J connectivity index is 2.07. The second kappa shape index (κ2) is 5.72. The molecule has 3 heteroatoms. The highest BCUT2D eigenvalue weighted by Gasteiger charge is 2.18. The fourth-order valence-electron chi connectivity index (χ4n) is 2.35. The summed E-state index contributed by atoms with van der Waals surface area (Å²) in [6.45, 7) is 5.88. The standard InChI is InChI=1S/C16H24O3/c1-16(2,3)19-15-11-13(9-10-14(15)17)18-12-7-5-4-6-8-12/h9-12,17H,4-8H2,1-3H3. The molecule has 1 aromatic carbocycles. The van der Waals surface area contributed by atoms with Crippen molar-refractivity contribution in [1.29, 1.82) is 0 Å². The van der Waals surface area contributed by atoms with Crippen LogP contribution in [0.1, 0.15) is 52.9 Å². The Morgan fingerprint density at radius 2 is 1.79 bits per heavy atom. The van der Waals surface area contributed by atoms with Crippen molar-refractivity contribution in [3.05, 3.63) is 18.2 Å². The van der Waals surface area contributed by atoms with Gasteiger partial charge in [-0.2, -0.15) is 0 Å². The van der Waals surface area contributed by atoms with Gasteiger partial charge in [0.25, 0.3) is 0 Å². The Labute approximate surface area is 115 Å². The monoisotopic (exact) mass is 264 g/mol. The van der Waals surface area contributed by atoms with Crippen LogP contribution in [-0.2, 0) is 0 Å². The first-order chi connectivity index (χ1) is 8.94. The molecule has 1 fully saturated rings. The van der Waals surface area contributed by atoms with Gasteiger partial charge < -0.3 is 14.6 Å². The van der Waals surface area contributed by atoms with Crippen LogP contribution in [0.4, 0.5) is 0 Å². The lowest BCUT2D eigenvalue weighted by molar-refractivity contribution is 0.123. The number of phenols is 1. The predicted molar refractivity (Wildman–Crippen MR) is 76.0 cm³/mol. The van der Waals surface area contributed by atoms with E-state index in [0.29, 0.717) is 11.9 Å². The molecule has 0 aromatic heterocycles. The molecule has 0 spiro atoms. The molecular formula is C16H24O3. The topological polar surface area (TPSA) is 38.7 Å². The minimum Gasteiger partial charge on any atom is -0.504 e. The van der Waals surface area contributed by atoms with E-state index in [1.807, 2.05) is 20.8 Å². The molecule has 0 unspecified atom stereocenters. The lowest BCUT2D eigenvalue weighted by Gasteiger charge is -2.25. The van der Waals surface area contributed by atoms with Crippen molar-refractivity contribution in [2.75, 3.05) is 0 Å². The van der Waals surface area contributed by atoms with Gasteiger partial charge in [-0.15, -0.1) is 0 Å². The third-order valence-electron chi connectivity index (χ3n) is 3.20. The fraction of sp³-hybridized carbons (Fsp3) is 0.625. The lowest BCUT2D eigenvalue weighted by atomic mass is 9.98. The molecule has 1 aliphatic carbocycles. The van der Waals surface area contributed by atoms with Crippen LogP contribution in [0.25, 0.3) is 0 Å². The predicted octanol–water partition coefficient (Wildman–Crippen LogP) is 4.28. The first-order valence-corrected chi connectivity index (χ1v) is 7.13. The van der Waals surface area contributed by atoms with E-state index in [4.69, 9.17) is 9.47 Å². The molecule has 0 saturated heterocycles. The molecule has 0 heterocycles. The van der Waals surface area contributed by atoms with Crippen molar-refractivity contribution in [2.24, 2.45) is 0 Å². The summed E-state index contributed by atoms with van der Waals surface area (Å²) in [5, 5.41) is 9.82. The molecular weight excluding hydrogens is 240 g/mol. The SMILES string of the molecule is CC(C)(C)Oc1cc(OC2CCCCC2)ccc1O. The first kappa shape index (κ1) is 14.0. The van der Waals surface area contributed by atoms with E-state index >= 15 is 0 Å². The number of hydrogen-bond acceptors (Lipinski definition) is 3. The Morgan fingerprint density at radius 1 is 1.11 bits per heavy atom. The van der Waals surface area contributed by atoms with Gasteiger partial charge in [-0.25, -0.2) is 0 Å². The summed E-state index contributed by atoms with van der Waals surface area (Å²) in [5.41, 5.74) is -0.332. The van der Waals surface area contributed by atoms with E-state index in [-0.39, 0.29) is 11.4 Å². The maximum absolute atomic E-state index is 9.82. The second-order valence-electron chi connectivity index (χ2n) is 6.22. The van der Waals surface area contributed by atoms with Gasteiger partial charge in [-0.05, 0) is 58.6 Å². The molecule has 1 N–H and O–H groups in total.